The summed E-state index contributed by atoms with van der Waals surface area (Å²) in [6.45, 7) is 3.40. The second kappa shape index (κ2) is 5.65. The van der Waals surface area contributed by atoms with E-state index in [0.29, 0.717) is 12.1 Å². The minimum atomic E-state index is 0.541. The number of halogens is 1. The van der Waals surface area contributed by atoms with Crippen LogP contribution in [-0.4, -0.2) is 14.8 Å². The number of anilines is 1. The minimum absolute atomic E-state index is 0.541. The standard InChI is InChI=1S/C12H12BrN5/c1-2-18-8-16-17-12(18)7-15-11-5-10(13)4-3-9(11)6-14/h3-5,8,15H,2,7H2,1H3. The summed E-state index contributed by atoms with van der Waals surface area (Å²) in [5, 5.41) is 20.1. The number of nitrogens with one attached hydrogen (secondary N) is 1. The third-order valence-corrected chi connectivity index (χ3v) is 3.07. The summed E-state index contributed by atoms with van der Waals surface area (Å²) >= 11 is 3.39. The minimum Gasteiger partial charge on any atom is -0.377 e. The van der Waals surface area contributed by atoms with Crippen LogP contribution in [0.5, 0.6) is 0 Å². The van der Waals surface area contributed by atoms with Crippen molar-refractivity contribution >= 4 is 21.6 Å². The third-order valence-electron chi connectivity index (χ3n) is 2.58. The Morgan fingerprint density at radius 2 is 2.33 bits per heavy atom. The molecule has 0 aliphatic heterocycles. The third kappa shape index (κ3) is 2.68. The van der Waals surface area contributed by atoms with E-state index in [4.69, 9.17) is 5.26 Å². The first-order chi connectivity index (χ1) is 8.74. The van der Waals surface area contributed by atoms with Gasteiger partial charge >= 0.3 is 0 Å². The van der Waals surface area contributed by atoms with Crippen LogP contribution in [0.2, 0.25) is 0 Å². The van der Waals surface area contributed by atoms with Crippen LogP contribution in [0.25, 0.3) is 0 Å². The molecule has 0 radical (unpaired) electrons. The number of benzene rings is 1. The van der Waals surface area contributed by atoms with Crippen molar-refractivity contribution in [2.75, 3.05) is 5.32 Å². The SMILES string of the molecule is CCn1cnnc1CNc1cc(Br)ccc1C#N. The molecule has 1 aromatic heterocycles. The quantitative estimate of drug-likeness (QED) is 0.942. The molecule has 1 heterocycles. The Morgan fingerprint density at radius 1 is 1.50 bits per heavy atom. The maximum atomic E-state index is 9.03. The van der Waals surface area contributed by atoms with E-state index < -0.39 is 0 Å². The van der Waals surface area contributed by atoms with Gasteiger partial charge in [0.15, 0.2) is 5.82 Å². The predicted molar refractivity (Wildman–Crippen MR) is 71.9 cm³/mol. The maximum Gasteiger partial charge on any atom is 0.152 e. The smallest absolute Gasteiger partial charge is 0.152 e. The topological polar surface area (TPSA) is 66.5 Å². The summed E-state index contributed by atoms with van der Waals surface area (Å²) in [5.74, 6) is 0.848. The second-order valence-corrected chi connectivity index (χ2v) is 4.60. The zero-order chi connectivity index (χ0) is 13.0. The molecule has 92 valence electrons. The zero-order valence-corrected chi connectivity index (χ0v) is 11.5. The van der Waals surface area contributed by atoms with Crippen molar-refractivity contribution in [3.05, 3.63) is 40.4 Å². The normalized spacial score (nSPS) is 10.1. The van der Waals surface area contributed by atoms with E-state index in [1.165, 1.54) is 0 Å². The molecule has 18 heavy (non-hydrogen) atoms. The van der Waals surface area contributed by atoms with Crippen LogP contribution >= 0.6 is 15.9 Å². The molecule has 0 saturated heterocycles. The van der Waals surface area contributed by atoms with Crippen molar-refractivity contribution in [2.45, 2.75) is 20.0 Å². The summed E-state index contributed by atoms with van der Waals surface area (Å²) in [6.07, 6.45) is 1.70. The molecule has 0 unspecified atom stereocenters. The van der Waals surface area contributed by atoms with Gasteiger partial charge in [-0.3, -0.25) is 0 Å². The number of aryl methyl sites for hydroxylation is 1. The van der Waals surface area contributed by atoms with Crippen LogP contribution in [-0.2, 0) is 13.1 Å². The number of hydrogen-bond donors (Lipinski definition) is 1. The average molecular weight is 306 g/mol. The molecule has 6 heteroatoms. The zero-order valence-electron chi connectivity index (χ0n) is 9.89. The number of nitriles is 1. The van der Waals surface area contributed by atoms with Gasteiger partial charge in [0.1, 0.15) is 12.4 Å². The molecule has 0 amide bonds. The van der Waals surface area contributed by atoms with Crippen molar-refractivity contribution in [2.24, 2.45) is 0 Å². The first-order valence-electron chi connectivity index (χ1n) is 5.54. The number of nitrogens with zero attached hydrogens (tertiary/aromatic N) is 4. The summed E-state index contributed by atoms with van der Waals surface area (Å²) in [5.41, 5.74) is 1.40. The molecule has 0 atom stereocenters. The monoisotopic (exact) mass is 305 g/mol. The van der Waals surface area contributed by atoms with Crippen molar-refractivity contribution < 1.29 is 0 Å². The molecule has 2 rings (SSSR count). The lowest BCUT2D eigenvalue weighted by molar-refractivity contribution is 0.708. The van der Waals surface area contributed by atoms with Gasteiger partial charge in [0.2, 0.25) is 0 Å². The summed E-state index contributed by atoms with van der Waals surface area (Å²) < 4.78 is 2.89. The molecule has 0 fully saturated rings. The van der Waals surface area contributed by atoms with E-state index >= 15 is 0 Å². The molecule has 5 nitrogen and oxygen atoms in total. The summed E-state index contributed by atoms with van der Waals surface area (Å²) in [6, 6.07) is 7.66. The molecule has 1 aromatic carbocycles. The van der Waals surface area contributed by atoms with Gasteiger partial charge in [-0.25, -0.2) is 0 Å². The molecule has 0 aliphatic carbocycles. The Labute approximate surface area is 114 Å². The fourth-order valence-electron chi connectivity index (χ4n) is 1.61. The lowest BCUT2D eigenvalue weighted by Gasteiger charge is -2.08. The Morgan fingerprint density at radius 3 is 3.06 bits per heavy atom. The highest BCUT2D eigenvalue weighted by Crippen LogP contribution is 2.21. The number of aromatic nitrogens is 3. The maximum absolute atomic E-state index is 9.03. The highest BCUT2D eigenvalue weighted by atomic mass is 79.9. The Balaban J connectivity index is 2.15. The molecule has 0 saturated carbocycles. The number of rotatable bonds is 4. The Hall–Kier alpha value is -1.87. The first-order valence-corrected chi connectivity index (χ1v) is 6.34. The molecule has 1 N–H and O–H groups in total. The lowest BCUT2D eigenvalue weighted by Crippen LogP contribution is -2.08. The van der Waals surface area contributed by atoms with Gasteiger partial charge in [0, 0.05) is 11.0 Å². The molecular weight excluding hydrogens is 294 g/mol. The van der Waals surface area contributed by atoms with E-state index in [9.17, 15) is 0 Å². The lowest BCUT2D eigenvalue weighted by atomic mass is 10.2. The molecule has 2 aromatic rings. The Bertz CT molecular complexity index is 584. The van der Waals surface area contributed by atoms with Crippen molar-refractivity contribution in [3.63, 3.8) is 0 Å². The Kier molecular flexibility index (Phi) is 3.95. The van der Waals surface area contributed by atoms with Gasteiger partial charge in [-0.1, -0.05) is 15.9 Å². The van der Waals surface area contributed by atoms with Crippen molar-refractivity contribution in [1.29, 1.82) is 5.26 Å². The van der Waals surface area contributed by atoms with Crippen LogP contribution in [0, 0.1) is 11.3 Å². The van der Waals surface area contributed by atoms with Crippen molar-refractivity contribution in [3.8, 4) is 6.07 Å². The summed E-state index contributed by atoms with van der Waals surface area (Å²) in [7, 11) is 0. The van der Waals surface area contributed by atoms with Gasteiger partial charge in [0.25, 0.3) is 0 Å². The predicted octanol–water partition coefficient (Wildman–Crippen LogP) is 2.54. The van der Waals surface area contributed by atoms with Gasteiger partial charge in [-0.05, 0) is 25.1 Å². The molecule has 0 spiro atoms. The average Bonchev–Trinajstić information content (AvgIpc) is 2.84. The van der Waals surface area contributed by atoms with Crippen LogP contribution < -0.4 is 5.32 Å². The van der Waals surface area contributed by atoms with E-state index in [-0.39, 0.29) is 0 Å². The molecule has 0 bridgehead atoms. The number of hydrogen-bond acceptors (Lipinski definition) is 4. The van der Waals surface area contributed by atoms with E-state index in [2.05, 4.69) is 37.5 Å². The fourth-order valence-corrected chi connectivity index (χ4v) is 1.98. The fraction of sp³-hybridized carbons (Fsp3) is 0.250. The highest BCUT2D eigenvalue weighted by molar-refractivity contribution is 9.10. The van der Waals surface area contributed by atoms with Crippen molar-refractivity contribution in [1.82, 2.24) is 14.8 Å². The highest BCUT2D eigenvalue weighted by Gasteiger charge is 2.05. The van der Waals surface area contributed by atoms with E-state index in [0.717, 1.165) is 22.5 Å². The van der Waals surface area contributed by atoms with E-state index in [1.54, 1.807) is 12.4 Å². The molecular formula is C12H12BrN5. The van der Waals surface area contributed by atoms with Gasteiger partial charge in [-0.2, -0.15) is 5.26 Å². The second-order valence-electron chi connectivity index (χ2n) is 3.69. The van der Waals surface area contributed by atoms with Gasteiger partial charge in [0.05, 0.1) is 17.8 Å². The van der Waals surface area contributed by atoms with Gasteiger partial charge < -0.3 is 9.88 Å². The van der Waals surface area contributed by atoms with Crippen LogP contribution in [0.3, 0.4) is 0 Å². The largest absolute Gasteiger partial charge is 0.377 e. The molecule has 0 aliphatic rings. The first kappa shape index (κ1) is 12.6. The summed E-state index contributed by atoms with van der Waals surface area (Å²) in [4.78, 5) is 0. The van der Waals surface area contributed by atoms with E-state index in [1.807, 2.05) is 23.6 Å². The van der Waals surface area contributed by atoms with Crippen LogP contribution in [0.15, 0.2) is 29.0 Å². The van der Waals surface area contributed by atoms with Crippen LogP contribution in [0.1, 0.15) is 18.3 Å². The van der Waals surface area contributed by atoms with Crippen LogP contribution in [0.4, 0.5) is 5.69 Å². The van der Waals surface area contributed by atoms with Gasteiger partial charge in [-0.15, -0.1) is 10.2 Å².